The van der Waals surface area contributed by atoms with Crippen LogP contribution in [0.15, 0.2) is 18.2 Å². The van der Waals surface area contributed by atoms with Crippen LogP contribution in [0.3, 0.4) is 0 Å². The van der Waals surface area contributed by atoms with Gasteiger partial charge in [-0.3, -0.25) is 0 Å². The first-order chi connectivity index (χ1) is 9.57. The molecule has 0 saturated heterocycles. The van der Waals surface area contributed by atoms with Crippen molar-refractivity contribution in [3.8, 4) is 11.4 Å². The molecule has 1 saturated carbocycles. The monoisotopic (exact) mass is 275 g/mol. The van der Waals surface area contributed by atoms with Crippen molar-refractivity contribution in [1.82, 2.24) is 20.2 Å². The van der Waals surface area contributed by atoms with Crippen molar-refractivity contribution in [3.63, 3.8) is 0 Å². The normalized spacial score (nSPS) is 17.5. The highest BCUT2D eigenvalue weighted by Crippen LogP contribution is 2.39. The number of anilines is 1. The first-order valence-corrected chi connectivity index (χ1v) is 6.89. The molecule has 1 aliphatic rings. The molecule has 1 fully saturated rings. The van der Waals surface area contributed by atoms with Gasteiger partial charge in [-0.15, -0.1) is 5.10 Å². The minimum Gasteiger partial charge on any atom is -0.396 e. The van der Waals surface area contributed by atoms with E-state index in [-0.39, 0.29) is 11.1 Å². The Labute approximate surface area is 117 Å². The largest absolute Gasteiger partial charge is 0.396 e. The van der Waals surface area contributed by atoms with Crippen molar-refractivity contribution < 1.29 is 4.39 Å². The van der Waals surface area contributed by atoms with Gasteiger partial charge in [-0.25, -0.2) is 9.07 Å². The fraction of sp³-hybridized carbons (Fsp3) is 0.500. The van der Waals surface area contributed by atoms with Gasteiger partial charge in [-0.2, -0.15) is 0 Å². The number of nitrogens with zero attached hydrogens (tertiary/aromatic N) is 4. The molecule has 2 aromatic rings. The highest BCUT2D eigenvalue weighted by atomic mass is 19.1. The predicted molar refractivity (Wildman–Crippen MR) is 74.2 cm³/mol. The lowest BCUT2D eigenvalue weighted by atomic mass is 9.89. The number of halogens is 1. The molecule has 1 aliphatic carbocycles. The van der Waals surface area contributed by atoms with Gasteiger partial charge >= 0.3 is 0 Å². The predicted octanol–water partition coefficient (Wildman–Crippen LogP) is 2.64. The quantitative estimate of drug-likeness (QED) is 0.874. The third kappa shape index (κ3) is 2.37. The van der Waals surface area contributed by atoms with E-state index < -0.39 is 5.82 Å². The van der Waals surface area contributed by atoms with Crippen molar-refractivity contribution in [2.75, 3.05) is 5.73 Å². The molecule has 0 radical (unpaired) electrons. The maximum absolute atomic E-state index is 13.2. The van der Waals surface area contributed by atoms with E-state index in [2.05, 4.69) is 22.4 Å². The number of hydrogen-bond donors (Lipinski definition) is 1. The van der Waals surface area contributed by atoms with Gasteiger partial charge < -0.3 is 5.73 Å². The van der Waals surface area contributed by atoms with Gasteiger partial charge in [-0.05, 0) is 46.9 Å². The van der Waals surface area contributed by atoms with Crippen LogP contribution >= 0.6 is 0 Å². The van der Waals surface area contributed by atoms with Crippen LogP contribution < -0.4 is 5.73 Å². The van der Waals surface area contributed by atoms with Crippen LogP contribution in [0.4, 0.5) is 10.1 Å². The molecule has 0 spiro atoms. The van der Waals surface area contributed by atoms with Crippen LogP contribution in [0.5, 0.6) is 0 Å². The lowest BCUT2D eigenvalue weighted by Crippen LogP contribution is -2.21. The number of nitrogens with two attached hydrogens (primary N) is 1. The summed E-state index contributed by atoms with van der Waals surface area (Å²) in [5.41, 5.74) is 6.72. The fourth-order valence-electron chi connectivity index (χ4n) is 2.95. The number of benzene rings is 1. The Bertz CT molecular complexity index is 616. The zero-order valence-corrected chi connectivity index (χ0v) is 11.5. The van der Waals surface area contributed by atoms with Crippen LogP contribution in [-0.2, 0) is 6.54 Å². The SMILES string of the molecule is CC1(Cn2nnnc2-c2ccc(F)c(N)c2)CCCC1. The van der Waals surface area contributed by atoms with E-state index in [1.807, 2.05) is 0 Å². The number of nitrogen functional groups attached to an aromatic ring is 1. The van der Waals surface area contributed by atoms with E-state index in [9.17, 15) is 4.39 Å². The molecule has 20 heavy (non-hydrogen) atoms. The van der Waals surface area contributed by atoms with Crippen LogP contribution in [0.1, 0.15) is 32.6 Å². The Morgan fingerprint density at radius 1 is 1.35 bits per heavy atom. The van der Waals surface area contributed by atoms with Crippen LogP contribution in [0.25, 0.3) is 11.4 Å². The van der Waals surface area contributed by atoms with Gasteiger partial charge in [0.05, 0.1) is 12.2 Å². The second-order valence-electron chi connectivity index (χ2n) is 5.91. The highest BCUT2D eigenvalue weighted by molar-refractivity contribution is 5.61. The summed E-state index contributed by atoms with van der Waals surface area (Å²) in [7, 11) is 0. The van der Waals surface area contributed by atoms with Gasteiger partial charge in [0.2, 0.25) is 0 Å². The summed E-state index contributed by atoms with van der Waals surface area (Å²) in [6.45, 7) is 3.05. The maximum Gasteiger partial charge on any atom is 0.182 e. The Morgan fingerprint density at radius 3 is 2.80 bits per heavy atom. The summed E-state index contributed by atoms with van der Waals surface area (Å²) in [4.78, 5) is 0. The van der Waals surface area contributed by atoms with Crippen LogP contribution in [0, 0.1) is 11.2 Å². The molecular weight excluding hydrogens is 257 g/mol. The van der Waals surface area contributed by atoms with Gasteiger partial charge in [0, 0.05) is 5.56 Å². The van der Waals surface area contributed by atoms with Crippen LogP contribution in [-0.4, -0.2) is 20.2 Å². The van der Waals surface area contributed by atoms with Gasteiger partial charge in [0.1, 0.15) is 5.82 Å². The number of aromatic nitrogens is 4. The average Bonchev–Trinajstić information content (AvgIpc) is 3.03. The minimum absolute atomic E-state index is 0.115. The molecular formula is C14H18FN5. The molecule has 5 nitrogen and oxygen atoms in total. The molecule has 3 rings (SSSR count). The van der Waals surface area contributed by atoms with Crippen molar-refractivity contribution in [2.24, 2.45) is 5.41 Å². The van der Waals surface area contributed by atoms with E-state index in [4.69, 9.17) is 5.73 Å². The van der Waals surface area contributed by atoms with Crippen LogP contribution in [0.2, 0.25) is 0 Å². The number of hydrogen-bond acceptors (Lipinski definition) is 4. The van der Waals surface area contributed by atoms with Gasteiger partial charge in [-0.1, -0.05) is 19.8 Å². The molecule has 0 atom stereocenters. The van der Waals surface area contributed by atoms with Crippen molar-refractivity contribution in [2.45, 2.75) is 39.2 Å². The lowest BCUT2D eigenvalue weighted by Gasteiger charge is -2.23. The summed E-state index contributed by atoms with van der Waals surface area (Å²) in [6.07, 6.45) is 4.91. The Balaban J connectivity index is 1.91. The Hall–Kier alpha value is -1.98. The topological polar surface area (TPSA) is 69.6 Å². The minimum atomic E-state index is -0.421. The molecule has 0 aliphatic heterocycles. The third-order valence-electron chi connectivity index (χ3n) is 4.13. The average molecular weight is 275 g/mol. The second kappa shape index (κ2) is 4.85. The van der Waals surface area contributed by atoms with Crippen molar-refractivity contribution in [1.29, 1.82) is 0 Å². The first kappa shape index (κ1) is 13.0. The molecule has 2 N–H and O–H groups in total. The standard InChI is InChI=1S/C14H18FN5/c1-14(6-2-3-7-14)9-20-13(17-18-19-20)10-4-5-11(15)12(16)8-10/h4-5,8H,2-3,6-7,9,16H2,1H3. The van der Waals surface area contributed by atoms with Gasteiger partial charge in [0.15, 0.2) is 5.82 Å². The van der Waals surface area contributed by atoms with Gasteiger partial charge in [0.25, 0.3) is 0 Å². The Kier molecular flexibility index (Phi) is 3.16. The molecule has 6 heteroatoms. The summed E-state index contributed by atoms with van der Waals surface area (Å²) in [6, 6.07) is 4.58. The zero-order valence-electron chi connectivity index (χ0n) is 11.5. The molecule has 0 bridgehead atoms. The smallest absolute Gasteiger partial charge is 0.182 e. The summed E-state index contributed by atoms with van der Waals surface area (Å²) >= 11 is 0. The van der Waals surface area contributed by atoms with E-state index in [1.165, 1.54) is 31.7 Å². The molecule has 1 aromatic carbocycles. The maximum atomic E-state index is 13.2. The zero-order chi connectivity index (χ0) is 14.2. The molecule has 0 amide bonds. The third-order valence-corrected chi connectivity index (χ3v) is 4.13. The highest BCUT2D eigenvalue weighted by Gasteiger charge is 2.30. The van der Waals surface area contributed by atoms with Crippen molar-refractivity contribution in [3.05, 3.63) is 24.0 Å². The van der Waals surface area contributed by atoms with E-state index in [0.29, 0.717) is 5.82 Å². The Morgan fingerprint density at radius 2 is 2.10 bits per heavy atom. The van der Waals surface area contributed by atoms with Crippen molar-refractivity contribution >= 4 is 5.69 Å². The molecule has 106 valence electrons. The number of rotatable bonds is 3. The second-order valence-corrected chi connectivity index (χ2v) is 5.91. The number of tetrazole rings is 1. The lowest BCUT2D eigenvalue weighted by molar-refractivity contribution is 0.267. The molecule has 0 unspecified atom stereocenters. The van der Waals surface area contributed by atoms with E-state index in [1.54, 1.807) is 16.8 Å². The summed E-state index contributed by atoms with van der Waals surface area (Å²) in [5, 5.41) is 11.9. The summed E-state index contributed by atoms with van der Waals surface area (Å²) in [5.74, 6) is 0.223. The molecule has 1 heterocycles. The fourth-order valence-corrected chi connectivity index (χ4v) is 2.95. The summed E-state index contributed by atoms with van der Waals surface area (Å²) < 4.78 is 15.0. The van der Waals surface area contributed by atoms with E-state index >= 15 is 0 Å². The molecule has 1 aromatic heterocycles. The first-order valence-electron chi connectivity index (χ1n) is 6.89. The van der Waals surface area contributed by atoms with E-state index in [0.717, 1.165) is 12.1 Å².